The van der Waals surface area contributed by atoms with Crippen LogP contribution in [0.4, 0.5) is 4.79 Å². The highest BCUT2D eigenvalue weighted by molar-refractivity contribution is 5.75. The van der Waals surface area contributed by atoms with E-state index in [1.807, 2.05) is 21.9 Å². The largest absolute Gasteiger partial charge is 0.480 e. The number of carboxylic acid groups (broad SMARTS) is 1. The summed E-state index contributed by atoms with van der Waals surface area (Å²) >= 11 is 0. The predicted octanol–water partition coefficient (Wildman–Crippen LogP) is 1.67. The normalized spacial score (nSPS) is 26.5. The number of rotatable bonds is 3. The molecule has 0 aromatic heterocycles. The molecular formula is C18H25N3O3. The molecule has 24 heavy (non-hydrogen) atoms. The van der Waals surface area contributed by atoms with Crippen LogP contribution in [-0.4, -0.2) is 72.1 Å². The molecule has 0 radical (unpaired) electrons. The fourth-order valence-electron chi connectivity index (χ4n) is 4.23. The molecule has 6 nitrogen and oxygen atoms in total. The first-order valence-electron chi connectivity index (χ1n) is 8.36. The van der Waals surface area contributed by atoms with Gasteiger partial charge in [-0.1, -0.05) is 24.3 Å². The maximum Gasteiger partial charge on any atom is 0.320 e. The van der Waals surface area contributed by atoms with Gasteiger partial charge in [-0.15, -0.1) is 0 Å². The smallest absolute Gasteiger partial charge is 0.320 e. The van der Waals surface area contributed by atoms with Crippen LogP contribution in [0.5, 0.6) is 0 Å². The van der Waals surface area contributed by atoms with E-state index in [-0.39, 0.29) is 24.5 Å². The molecule has 2 aliphatic rings. The maximum absolute atomic E-state index is 12.7. The van der Waals surface area contributed by atoms with Crippen LogP contribution in [-0.2, 0) is 4.79 Å². The quantitative estimate of drug-likeness (QED) is 0.915. The van der Waals surface area contributed by atoms with Gasteiger partial charge in [0.1, 0.15) is 0 Å². The lowest BCUT2D eigenvalue weighted by Gasteiger charge is -2.32. The topological polar surface area (TPSA) is 64.1 Å². The van der Waals surface area contributed by atoms with Crippen LogP contribution in [0.25, 0.3) is 0 Å². The Morgan fingerprint density at radius 1 is 1.21 bits per heavy atom. The molecule has 3 rings (SSSR count). The number of carboxylic acids is 1. The zero-order valence-corrected chi connectivity index (χ0v) is 14.5. The van der Waals surface area contributed by atoms with Crippen LogP contribution in [0.3, 0.4) is 0 Å². The Labute approximate surface area is 142 Å². The van der Waals surface area contributed by atoms with E-state index in [2.05, 4.69) is 19.1 Å². The molecule has 1 N–H and O–H groups in total. The summed E-state index contributed by atoms with van der Waals surface area (Å²) in [7, 11) is 3.56. The van der Waals surface area contributed by atoms with Gasteiger partial charge in [0.25, 0.3) is 0 Å². The Kier molecular flexibility index (Phi) is 4.49. The molecule has 2 amide bonds. The molecule has 1 aromatic rings. The number of carbonyl (C=O) groups excluding carboxylic acids is 1. The van der Waals surface area contributed by atoms with Gasteiger partial charge in [-0.2, -0.15) is 0 Å². The highest BCUT2D eigenvalue weighted by Gasteiger charge is 2.49. The highest BCUT2D eigenvalue weighted by atomic mass is 16.4. The first kappa shape index (κ1) is 16.8. The molecule has 1 aromatic carbocycles. The first-order chi connectivity index (χ1) is 11.4. The molecule has 2 fully saturated rings. The van der Waals surface area contributed by atoms with Crippen molar-refractivity contribution in [2.24, 2.45) is 11.8 Å². The van der Waals surface area contributed by atoms with Gasteiger partial charge in [-0.25, -0.2) is 4.79 Å². The van der Waals surface area contributed by atoms with Crippen LogP contribution in [0.2, 0.25) is 0 Å². The monoisotopic (exact) mass is 331 g/mol. The first-order valence-corrected chi connectivity index (χ1v) is 8.36. The number of hydrogen-bond acceptors (Lipinski definition) is 3. The Morgan fingerprint density at radius 2 is 1.92 bits per heavy atom. The number of aliphatic carboxylic acids is 1. The van der Waals surface area contributed by atoms with E-state index in [1.54, 1.807) is 19.0 Å². The Hall–Kier alpha value is -2.08. The summed E-state index contributed by atoms with van der Waals surface area (Å²) in [6.07, 6.45) is 0. The lowest BCUT2D eigenvalue weighted by Crippen LogP contribution is -2.42. The molecule has 6 heteroatoms. The number of hydrogen-bond donors (Lipinski definition) is 1. The van der Waals surface area contributed by atoms with Gasteiger partial charge >= 0.3 is 12.0 Å². The second-order valence-electron chi connectivity index (χ2n) is 7.14. The van der Waals surface area contributed by atoms with Gasteiger partial charge in [0, 0.05) is 39.6 Å². The molecule has 0 saturated carbocycles. The molecule has 2 aliphatic heterocycles. The van der Waals surface area contributed by atoms with Gasteiger partial charge in [-0.05, 0) is 24.0 Å². The van der Waals surface area contributed by atoms with Crippen molar-refractivity contribution in [2.45, 2.75) is 13.0 Å². The van der Waals surface area contributed by atoms with E-state index in [0.717, 1.165) is 13.1 Å². The third-order valence-electron chi connectivity index (χ3n) is 5.23. The second-order valence-corrected chi connectivity index (χ2v) is 7.14. The van der Waals surface area contributed by atoms with E-state index in [1.165, 1.54) is 11.1 Å². The van der Waals surface area contributed by atoms with Crippen LogP contribution < -0.4 is 0 Å². The minimum Gasteiger partial charge on any atom is -0.480 e. The number of fused-ring (bicyclic) bond motifs is 1. The van der Waals surface area contributed by atoms with Crippen molar-refractivity contribution in [2.75, 3.05) is 40.3 Å². The molecule has 2 heterocycles. The number of benzene rings is 1. The van der Waals surface area contributed by atoms with Gasteiger partial charge in [0.2, 0.25) is 0 Å². The summed E-state index contributed by atoms with van der Waals surface area (Å²) in [4.78, 5) is 29.3. The van der Waals surface area contributed by atoms with Crippen molar-refractivity contribution in [3.63, 3.8) is 0 Å². The third kappa shape index (κ3) is 2.98. The number of carbonyl (C=O) groups is 2. The SMILES string of the molecule is Cc1ccccc1[C@H]1[C@@H]2CN(CC(=O)O)C[C@@H]2CN1C(=O)N(C)C. The highest BCUT2D eigenvalue weighted by Crippen LogP contribution is 2.45. The number of amides is 2. The Morgan fingerprint density at radius 3 is 2.54 bits per heavy atom. The van der Waals surface area contributed by atoms with Gasteiger partial charge in [-0.3, -0.25) is 9.69 Å². The van der Waals surface area contributed by atoms with E-state index in [4.69, 9.17) is 5.11 Å². The van der Waals surface area contributed by atoms with Crippen molar-refractivity contribution >= 4 is 12.0 Å². The van der Waals surface area contributed by atoms with E-state index < -0.39 is 5.97 Å². The van der Waals surface area contributed by atoms with Gasteiger partial charge < -0.3 is 14.9 Å². The molecule has 0 unspecified atom stereocenters. The summed E-state index contributed by atoms with van der Waals surface area (Å²) in [5.74, 6) is -0.171. The van der Waals surface area contributed by atoms with E-state index in [9.17, 15) is 9.59 Å². The minimum absolute atomic E-state index is 0.0184. The summed E-state index contributed by atoms with van der Waals surface area (Å²) < 4.78 is 0. The van der Waals surface area contributed by atoms with Gasteiger partial charge in [0.15, 0.2) is 0 Å². The number of aryl methyl sites for hydroxylation is 1. The van der Waals surface area contributed by atoms with Crippen molar-refractivity contribution in [3.05, 3.63) is 35.4 Å². The summed E-state index contributed by atoms with van der Waals surface area (Å²) in [5.41, 5.74) is 2.36. The number of urea groups is 1. The van der Waals surface area contributed by atoms with Crippen molar-refractivity contribution in [3.8, 4) is 0 Å². The summed E-state index contributed by atoms with van der Waals surface area (Å²) in [6.45, 7) is 4.32. The third-order valence-corrected chi connectivity index (χ3v) is 5.23. The average Bonchev–Trinajstić information content (AvgIpc) is 3.03. The molecule has 3 atom stereocenters. The van der Waals surface area contributed by atoms with Crippen LogP contribution in [0.15, 0.2) is 24.3 Å². The molecule has 0 bridgehead atoms. The van der Waals surface area contributed by atoms with Crippen molar-refractivity contribution in [1.82, 2.24) is 14.7 Å². The fraction of sp³-hybridized carbons (Fsp3) is 0.556. The van der Waals surface area contributed by atoms with E-state index >= 15 is 0 Å². The molecular weight excluding hydrogens is 306 g/mol. The van der Waals surface area contributed by atoms with E-state index in [0.29, 0.717) is 12.5 Å². The fourth-order valence-corrected chi connectivity index (χ4v) is 4.23. The lowest BCUT2D eigenvalue weighted by atomic mass is 9.88. The summed E-state index contributed by atoms with van der Waals surface area (Å²) in [6, 6.07) is 8.24. The second kappa shape index (κ2) is 6.43. The molecule has 130 valence electrons. The Balaban J connectivity index is 1.91. The number of likely N-dealkylation sites (tertiary alicyclic amines) is 2. The molecule has 0 aliphatic carbocycles. The van der Waals surface area contributed by atoms with Crippen LogP contribution >= 0.6 is 0 Å². The lowest BCUT2D eigenvalue weighted by molar-refractivity contribution is -0.138. The standard InChI is InChI=1S/C18H25N3O3/c1-12-6-4-5-7-14(12)17-15-10-20(11-16(22)23)8-13(15)9-21(17)18(24)19(2)3/h4-7,13,15,17H,8-11H2,1-3H3,(H,22,23)/t13-,15-,17+/m1/s1. The molecule has 0 spiro atoms. The maximum atomic E-state index is 12.7. The van der Waals surface area contributed by atoms with Crippen molar-refractivity contribution < 1.29 is 14.7 Å². The van der Waals surface area contributed by atoms with Crippen LogP contribution in [0.1, 0.15) is 17.2 Å². The number of nitrogens with zero attached hydrogens (tertiary/aromatic N) is 3. The zero-order chi connectivity index (χ0) is 17.4. The van der Waals surface area contributed by atoms with Crippen LogP contribution in [0, 0.1) is 18.8 Å². The van der Waals surface area contributed by atoms with Crippen molar-refractivity contribution in [1.29, 1.82) is 0 Å². The molecule has 2 saturated heterocycles. The predicted molar refractivity (Wildman–Crippen MR) is 90.8 cm³/mol. The minimum atomic E-state index is -0.788. The van der Waals surface area contributed by atoms with Gasteiger partial charge in [0.05, 0.1) is 12.6 Å². The summed E-state index contributed by atoms with van der Waals surface area (Å²) in [5, 5.41) is 9.06. The Bertz CT molecular complexity index is 646. The zero-order valence-electron chi connectivity index (χ0n) is 14.5. The average molecular weight is 331 g/mol.